The van der Waals surface area contributed by atoms with Crippen molar-refractivity contribution < 1.29 is 0 Å². The van der Waals surface area contributed by atoms with Crippen molar-refractivity contribution in [2.75, 3.05) is 7.05 Å². The standard InChI is InChI=1S/C10H10N2S/c1-8(12-2)13-10-5-3-4-9(6-10)7-11/h3-6H,1-2H3. The molecule has 3 heteroatoms. The Hall–Kier alpha value is -1.27. The quantitative estimate of drug-likeness (QED) is 0.388. The molecule has 0 amide bonds. The van der Waals surface area contributed by atoms with Crippen LogP contribution in [0.1, 0.15) is 12.5 Å². The lowest BCUT2D eigenvalue weighted by Crippen LogP contribution is -1.83. The molecule has 0 atom stereocenters. The first kappa shape index (κ1) is 9.82. The largest absolute Gasteiger partial charge is 0.286 e. The average Bonchev–Trinajstić information content (AvgIpc) is 2.18. The smallest absolute Gasteiger partial charge is 0.0992 e. The lowest BCUT2D eigenvalue weighted by atomic mass is 10.2. The van der Waals surface area contributed by atoms with Gasteiger partial charge in [0.2, 0.25) is 0 Å². The summed E-state index contributed by atoms with van der Waals surface area (Å²) in [7, 11) is 1.76. The fourth-order valence-corrected chi connectivity index (χ4v) is 1.61. The average molecular weight is 190 g/mol. The van der Waals surface area contributed by atoms with Gasteiger partial charge in [0, 0.05) is 11.9 Å². The summed E-state index contributed by atoms with van der Waals surface area (Å²) >= 11 is 1.57. The maximum atomic E-state index is 8.66. The van der Waals surface area contributed by atoms with Gasteiger partial charge in [-0.3, -0.25) is 4.99 Å². The van der Waals surface area contributed by atoms with Crippen molar-refractivity contribution in [2.24, 2.45) is 4.99 Å². The highest BCUT2D eigenvalue weighted by atomic mass is 32.2. The molecule has 0 aliphatic heterocycles. The first-order valence-corrected chi connectivity index (χ1v) is 4.69. The van der Waals surface area contributed by atoms with Gasteiger partial charge in [-0.1, -0.05) is 17.8 Å². The van der Waals surface area contributed by atoms with Gasteiger partial charge in [-0.2, -0.15) is 5.26 Å². The molecular formula is C10H10N2S. The van der Waals surface area contributed by atoms with E-state index in [1.54, 1.807) is 24.9 Å². The topological polar surface area (TPSA) is 36.1 Å². The second-order valence-electron chi connectivity index (χ2n) is 2.48. The fraction of sp³-hybridized carbons (Fsp3) is 0.200. The van der Waals surface area contributed by atoms with Crippen molar-refractivity contribution in [3.8, 4) is 6.07 Å². The number of nitrogens with zero attached hydrogens (tertiary/aromatic N) is 2. The second kappa shape index (κ2) is 4.68. The van der Waals surface area contributed by atoms with Gasteiger partial charge in [-0.25, -0.2) is 0 Å². The van der Waals surface area contributed by atoms with Gasteiger partial charge in [0.15, 0.2) is 0 Å². The predicted octanol–water partition coefficient (Wildman–Crippen LogP) is 2.70. The first-order chi connectivity index (χ1) is 6.26. The summed E-state index contributed by atoms with van der Waals surface area (Å²) in [6.45, 7) is 1.95. The van der Waals surface area contributed by atoms with Crippen molar-refractivity contribution in [2.45, 2.75) is 11.8 Å². The van der Waals surface area contributed by atoms with Gasteiger partial charge in [0.25, 0.3) is 0 Å². The molecule has 0 unspecified atom stereocenters. The van der Waals surface area contributed by atoms with Crippen molar-refractivity contribution >= 4 is 16.8 Å². The number of thioether (sulfide) groups is 1. The highest BCUT2D eigenvalue weighted by Crippen LogP contribution is 2.20. The normalized spacial score (nSPS) is 11.0. The van der Waals surface area contributed by atoms with E-state index < -0.39 is 0 Å². The van der Waals surface area contributed by atoms with E-state index in [1.165, 1.54) is 0 Å². The first-order valence-electron chi connectivity index (χ1n) is 3.87. The van der Waals surface area contributed by atoms with E-state index in [9.17, 15) is 0 Å². The van der Waals surface area contributed by atoms with Crippen LogP contribution in [-0.2, 0) is 0 Å². The molecule has 0 aliphatic carbocycles. The predicted molar refractivity (Wildman–Crippen MR) is 56.0 cm³/mol. The Morgan fingerprint density at radius 1 is 1.54 bits per heavy atom. The molecule has 1 rings (SSSR count). The zero-order valence-electron chi connectivity index (χ0n) is 7.61. The SMILES string of the molecule is CN=C(C)Sc1cccc(C#N)c1. The number of nitriles is 1. The molecule has 0 aromatic heterocycles. The van der Waals surface area contributed by atoms with Crippen molar-refractivity contribution in [1.29, 1.82) is 5.26 Å². The van der Waals surface area contributed by atoms with Crippen LogP contribution in [0.25, 0.3) is 0 Å². The minimum absolute atomic E-state index is 0.689. The van der Waals surface area contributed by atoms with E-state index in [1.807, 2.05) is 25.1 Å². The van der Waals surface area contributed by atoms with E-state index in [0.717, 1.165) is 9.94 Å². The third kappa shape index (κ3) is 2.92. The molecule has 0 heterocycles. The number of rotatable bonds is 1. The Labute approximate surface area is 82.3 Å². The lowest BCUT2D eigenvalue weighted by molar-refractivity contribution is 1.40. The van der Waals surface area contributed by atoms with Crippen molar-refractivity contribution in [3.63, 3.8) is 0 Å². The van der Waals surface area contributed by atoms with Gasteiger partial charge in [-0.05, 0) is 25.1 Å². The minimum Gasteiger partial charge on any atom is -0.286 e. The molecular weight excluding hydrogens is 180 g/mol. The van der Waals surface area contributed by atoms with Crippen LogP contribution in [0.4, 0.5) is 0 Å². The Morgan fingerprint density at radius 3 is 2.92 bits per heavy atom. The molecule has 2 nitrogen and oxygen atoms in total. The van der Waals surface area contributed by atoms with Crippen LogP contribution >= 0.6 is 11.8 Å². The van der Waals surface area contributed by atoms with E-state index in [2.05, 4.69) is 11.1 Å². The van der Waals surface area contributed by atoms with Crippen LogP contribution in [0.5, 0.6) is 0 Å². The summed E-state index contributed by atoms with van der Waals surface area (Å²) < 4.78 is 0. The Morgan fingerprint density at radius 2 is 2.31 bits per heavy atom. The molecule has 0 bridgehead atoms. The molecule has 13 heavy (non-hydrogen) atoms. The summed E-state index contributed by atoms with van der Waals surface area (Å²) in [5, 5.41) is 9.66. The van der Waals surface area contributed by atoms with Crippen LogP contribution in [-0.4, -0.2) is 12.1 Å². The molecule has 0 aliphatic rings. The number of aliphatic imine (C=N–C) groups is 1. The third-order valence-electron chi connectivity index (χ3n) is 1.54. The number of hydrogen-bond acceptors (Lipinski definition) is 3. The van der Waals surface area contributed by atoms with Crippen molar-refractivity contribution in [3.05, 3.63) is 29.8 Å². The molecule has 1 aromatic rings. The van der Waals surface area contributed by atoms with Gasteiger partial charge in [0.05, 0.1) is 16.7 Å². The van der Waals surface area contributed by atoms with E-state index >= 15 is 0 Å². The zero-order chi connectivity index (χ0) is 9.68. The van der Waals surface area contributed by atoms with E-state index in [4.69, 9.17) is 5.26 Å². The fourth-order valence-electron chi connectivity index (χ4n) is 0.845. The third-order valence-corrected chi connectivity index (χ3v) is 2.51. The van der Waals surface area contributed by atoms with Gasteiger partial charge in [0.1, 0.15) is 0 Å². The molecule has 0 fully saturated rings. The summed E-state index contributed by atoms with van der Waals surface area (Å²) in [6.07, 6.45) is 0. The highest BCUT2D eigenvalue weighted by molar-refractivity contribution is 8.13. The monoisotopic (exact) mass is 190 g/mol. The lowest BCUT2D eigenvalue weighted by Gasteiger charge is -1.99. The highest BCUT2D eigenvalue weighted by Gasteiger charge is 1.97. The van der Waals surface area contributed by atoms with Gasteiger partial charge < -0.3 is 0 Å². The maximum absolute atomic E-state index is 8.66. The maximum Gasteiger partial charge on any atom is 0.0992 e. The Bertz CT molecular complexity index is 363. The second-order valence-corrected chi connectivity index (χ2v) is 3.75. The Kier molecular flexibility index (Phi) is 3.53. The molecule has 0 radical (unpaired) electrons. The van der Waals surface area contributed by atoms with Crippen LogP contribution in [0.15, 0.2) is 34.2 Å². The van der Waals surface area contributed by atoms with Gasteiger partial charge in [-0.15, -0.1) is 0 Å². The summed E-state index contributed by atoms with van der Waals surface area (Å²) in [6, 6.07) is 9.61. The zero-order valence-corrected chi connectivity index (χ0v) is 8.43. The molecule has 0 saturated carbocycles. The van der Waals surface area contributed by atoms with Gasteiger partial charge >= 0.3 is 0 Å². The summed E-state index contributed by atoms with van der Waals surface area (Å²) in [5.41, 5.74) is 0.689. The molecule has 1 aromatic carbocycles. The summed E-state index contributed by atoms with van der Waals surface area (Å²) in [5.74, 6) is 0. The summed E-state index contributed by atoms with van der Waals surface area (Å²) in [4.78, 5) is 5.09. The van der Waals surface area contributed by atoms with Crippen molar-refractivity contribution in [1.82, 2.24) is 0 Å². The molecule has 0 saturated heterocycles. The van der Waals surface area contributed by atoms with E-state index in [-0.39, 0.29) is 0 Å². The number of hydrogen-bond donors (Lipinski definition) is 0. The molecule has 66 valence electrons. The Balaban J connectivity index is 2.85. The van der Waals surface area contributed by atoms with Crippen LogP contribution in [0, 0.1) is 11.3 Å². The minimum atomic E-state index is 0.689. The van der Waals surface area contributed by atoms with E-state index in [0.29, 0.717) is 5.56 Å². The van der Waals surface area contributed by atoms with Crippen LogP contribution < -0.4 is 0 Å². The van der Waals surface area contributed by atoms with Crippen LogP contribution in [0.3, 0.4) is 0 Å². The number of benzene rings is 1. The molecule has 0 N–H and O–H groups in total. The molecule has 0 spiro atoms. The van der Waals surface area contributed by atoms with Crippen LogP contribution in [0.2, 0.25) is 0 Å².